The zero-order valence-electron chi connectivity index (χ0n) is 9.81. The van der Waals surface area contributed by atoms with Crippen LogP contribution in [0.4, 0.5) is 8.78 Å². The van der Waals surface area contributed by atoms with E-state index in [2.05, 4.69) is 4.98 Å². The van der Waals surface area contributed by atoms with Crippen LogP contribution in [0.1, 0.15) is 26.5 Å². The molecule has 90 valence electrons. The molecular weight excluding hydrogens is 244 g/mol. The number of halogens is 3. The van der Waals surface area contributed by atoms with Crippen molar-refractivity contribution in [3.05, 3.63) is 40.6 Å². The smallest absolute Gasteiger partial charge is 0.161 e. The number of hydrogen-bond acceptors (Lipinski definition) is 1. The van der Waals surface area contributed by atoms with Crippen molar-refractivity contribution in [1.82, 2.24) is 4.98 Å². The molecular formula is C13H12ClF2N. The third-order valence-electron chi connectivity index (χ3n) is 2.57. The minimum absolute atomic E-state index is 0.192. The minimum atomic E-state index is -0.912. The number of rotatable bonds is 0. The Balaban J connectivity index is 2.78. The van der Waals surface area contributed by atoms with Crippen molar-refractivity contribution in [2.75, 3.05) is 0 Å². The Kier molecular flexibility index (Phi) is 2.82. The first kappa shape index (κ1) is 12.2. The quantitative estimate of drug-likeness (QED) is 0.677. The van der Waals surface area contributed by atoms with Crippen LogP contribution in [0, 0.1) is 11.6 Å². The summed E-state index contributed by atoms with van der Waals surface area (Å²) >= 11 is 6.06. The zero-order chi connectivity index (χ0) is 12.8. The Morgan fingerprint density at radius 1 is 1.06 bits per heavy atom. The highest BCUT2D eigenvalue weighted by atomic mass is 35.5. The fourth-order valence-electron chi connectivity index (χ4n) is 1.56. The van der Waals surface area contributed by atoms with Gasteiger partial charge in [-0.05, 0) is 12.1 Å². The van der Waals surface area contributed by atoms with Crippen LogP contribution >= 0.6 is 11.6 Å². The topological polar surface area (TPSA) is 12.9 Å². The van der Waals surface area contributed by atoms with E-state index in [9.17, 15) is 8.78 Å². The zero-order valence-corrected chi connectivity index (χ0v) is 10.6. The lowest BCUT2D eigenvalue weighted by Gasteiger charge is -2.18. The van der Waals surface area contributed by atoms with Crippen molar-refractivity contribution in [2.45, 2.75) is 26.2 Å². The van der Waals surface area contributed by atoms with Crippen LogP contribution < -0.4 is 0 Å². The number of benzene rings is 1. The number of hydrogen-bond donors (Lipinski definition) is 0. The summed E-state index contributed by atoms with van der Waals surface area (Å²) in [5, 5.41) is 0.817. The van der Waals surface area contributed by atoms with E-state index in [0.29, 0.717) is 15.9 Å². The van der Waals surface area contributed by atoms with E-state index in [1.807, 2.05) is 20.8 Å². The molecule has 1 aromatic carbocycles. The summed E-state index contributed by atoms with van der Waals surface area (Å²) in [6.07, 6.45) is 0. The summed E-state index contributed by atoms with van der Waals surface area (Å²) in [6, 6.07) is 3.85. The van der Waals surface area contributed by atoms with Crippen LogP contribution in [0.2, 0.25) is 5.02 Å². The molecule has 0 atom stereocenters. The van der Waals surface area contributed by atoms with Gasteiger partial charge in [-0.2, -0.15) is 0 Å². The fourth-order valence-corrected chi connectivity index (χ4v) is 1.82. The van der Waals surface area contributed by atoms with Gasteiger partial charge in [-0.1, -0.05) is 32.4 Å². The van der Waals surface area contributed by atoms with Gasteiger partial charge in [-0.15, -0.1) is 0 Å². The van der Waals surface area contributed by atoms with Crippen LogP contribution in [0.25, 0.3) is 10.9 Å². The molecule has 0 fully saturated rings. The molecule has 0 amide bonds. The maximum absolute atomic E-state index is 13.2. The first-order valence-electron chi connectivity index (χ1n) is 5.25. The molecule has 17 heavy (non-hydrogen) atoms. The van der Waals surface area contributed by atoms with Gasteiger partial charge >= 0.3 is 0 Å². The molecule has 0 N–H and O–H groups in total. The summed E-state index contributed by atoms with van der Waals surface area (Å²) in [4.78, 5) is 4.32. The molecule has 0 saturated heterocycles. The summed E-state index contributed by atoms with van der Waals surface area (Å²) < 4.78 is 26.3. The van der Waals surface area contributed by atoms with Crippen molar-refractivity contribution < 1.29 is 8.78 Å². The van der Waals surface area contributed by atoms with E-state index in [4.69, 9.17) is 11.6 Å². The first-order chi connectivity index (χ1) is 7.79. The van der Waals surface area contributed by atoms with Gasteiger partial charge in [-0.25, -0.2) is 8.78 Å². The second kappa shape index (κ2) is 3.91. The van der Waals surface area contributed by atoms with E-state index in [0.717, 1.165) is 17.8 Å². The molecule has 4 heteroatoms. The number of pyridine rings is 1. The first-order valence-corrected chi connectivity index (χ1v) is 5.62. The Hall–Kier alpha value is -1.22. The van der Waals surface area contributed by atoms with Gasteiger partial charge in [0.15, 0.2) is 11.6 Å². The molecule has 0 aliphatic heterocycles. The molecule has 0 radical (unpaired) electrons. The molecule has 0 saturated carbocycles. The minimum Gasteiger partial charge on any atom is -0.252 e. The predicted octanol–water partition coefficient (Wildman–Crippen LogP) is 4.46. The van der Waals surface area contributed by atoms with Crippen LogP contribution in [0.15, 0.2) is 18.2 Å². The lowest BCUT2D eigenvalue weighted by Crippen LogP contribution is -2.13. The van der Waals surface area contributed by atoms with E-state index in [1.54, 1.807) is 6.07 Å². The van der Waals surface area contributed by atoms with Crippen molar-refractivity contribution in [1.29, 1.82) is 0 Å². The highest BCUT2D eigenvalue weighted by Crippen LogP contribution is 2.30. The van der Waals surface area contributed by atoms with Crippen molar-refractivity contribution in [2.24, 2.45) is 0 Å². The largest absolute Gasteiger partial charge is 0.252 e. The maximum atomic E-state index is 13.2. The molecule has 0 spiro atoms. The van der Waals surface area contributed by atoms with Gasteiger partial charge in [0.05, 0.1) is 10.5 Å². The third-order valence-corrected chi connectivity index (χ3v) is 2.88. The van der Waals surface area contributed by atoms with E-state index in [-0.39, 0.29) is 5.41 Å². The second-order valence-electron chi connectivity index (χ2n) is 5.02. The maximum Gasteiger partial charge on any atom is 0.161 e. The Morgan fingerprint density at radius 3 is 2.24 bits per heavy atom. The lowest BCUT2D eigenvalue weighted by molar-refractivity contribution is 0.510. The van der Waals surface area contributed by atoms with E-state index in [1.165, 1.54) is 0 Å². The third kappa shape index (κ3) is 2.25. The molecule has 0 aliphatic carbocycles. The van der Waals surface area contributed by atoms with Crippen LogP contribution in [0.3, 0.4) is 0 Å². The van der Waals surface area contributed by atoms with Gasteiger partial charge in [0.25, 0.3) is 0 Å². The predicted molar refractivity (Wildman–Crippen MR) is 65.4 cm³/mol. The monoisotopic (exact) mass is 255 g/mol. The molecule has 1 nitrogen and oxygen atoms in total. The second-order valence-corrected chi connectivity index (χ2v) is 5.43. The van der Waals surface area contributed by atoms with Crippen molar-refractivity contribution in [3.63, 3.8) is 0 Å². The molecule has 2 rings (SSSR count). The van der Waals surface area contributed by atoms with Crippen molar-refractivity contribution in [3.8, 4) is 0 Å². The number of fused-ring (bicyclic) bond motifs is 1. The summed E-state index contributed by atoms with van der Waals surface area (Å²) in [6.45, 7) is 5.95. The number of aromatic nitrogens is 1. The molecule has 0 aliphatic rings. The average Bonchev–Trinajstić information content (AvgIpc) is 2.19. The molecule has 2 aromatic rings. The van der Waals surface area contributed by atoms with Gasteiger partial charge in [0.1, 0.15) is 0 Å². The van der Waals surface area contributed by atoms with Gasteiger partial charge in [-0.3, -0.25) is 4.98 Å². The van der Waals surface area contributed by atoms with Gasteiger partial charge in [0.2, 0.25) is 0 Å². The van der Waals surface area contributed by atoms with Gasteiger partial charge in [0, 0.05) is 22.6 Å². The fraction of sp³-hybridized carbons (Fsp3) is 0.308. The summed E-state index contributed by atoms with van der Waals surface area (Å²) in [5.74, 6) is -1.82. The van der Waals surface area contributed by atoms with Crippen molar-refractivity contribution >= 4 is 22.5 Å². The highest BCUT2D eigenvalue weighted by molar-refractivity contribution is 6.35. The lowest BCUT2D eigenvalue weighted by atomic mass is 9.91. The summed E-state index contributed by atoms with van der Waals surface area (Å²) in [7, 11) is 0. The van der Waals surface area contributed by atoms with E-state index < -0.39 is 11.6 Å². The number of nitrogens with zero attached hydrogens (tertiary/aromatic N) is 1. The normalized spacial score (nSPS) is 12.1. The summed E-state index contributed by atoms with van der Waals surface area (Å²) in [5.41, 5.74) is 0.935. The van der Waals surface area contributed by atoms with E-state index >= 15 is 0 Å². The Labute approximate surface area is 103 Å². The van der Waals surface area contributed by atoms with Crippen LogP contribution in [0.5, 0.6) is 0 Å². The molecule has 0 unspecified atom stereocenters. The van der Waals surface area contributed by atoms with Crippen LogP contribution in [-0.4, -0.2) is 4.98 Å². The van der Waals surface area contributed by atoms with Crippen LogP contribution in [-0.2, 0) is 5.41 Å². The standard InChI is InChI=1S/C13H12ClF2N/c1-13(2,3)12-5-8(14)7-4-9(15)10(16)6-11(7)17-12/h4-6H,1-3H3. The molecule has 1 heterocycles. The Morgan fingerprint density at radius 2 is 1.65 bits per heavy atom. The van der Waals surface area contributed by atoms with Gasteiger partial charge < -0.3 is 0 Å². The molecule has 1 aromatic heterocycles. The average molecular weight is 256 g/mol. The SMILES string of the molecule is CC(C)(C)c1cc(Cl)c2cc(F)c(F)cc2n1. The Bertz CT molecular complexity index is 588. The molecule has 0 bridgehead atoms. The highest BCUT2D eigenvalue weighted by Gasteiger charge is 2.18.